The summed E-state index contributed by atoms with van der Waals surface area (Å²) in [7, 11) is -3.77. The molecule has 0 aromatic heterocycles. The van der Waals surface area contributed by atoms with Crippen molar-refractivity contribution in [1.82, 2.24) is 4.31 Å². The summed E-state index contributed by atoms with van der Waals surface area (Å²) in [6, 6.07) is 15.3. The molecule has 27 heavy (non-hydrogen) atoms. The van der Waals surface area contributed by atoms with Gasteiger partial charge in [-0.25, -0.2) is 8.42 Å². The maximum atomic E-state index is 13.2. The molecule has 0 fully saturated rings. The van der Waals surface area contributed by atoms with Crippen molar-refractivity contribution in [3.63, 3.8) is 0 Å². The third kappa shape index (κ3) is 6.18. The van der Waals surface area contributed by atoms with E-state index in [2.05, 4.69) is 0 Å². The van der Waals surface area contributed by atoms with E-state index in [1.807, 2.05) is 56.3 Å². The SMILES string of the molecule is CC(C)C[C@H](CO)N(C/C=C/c1ccccc1)S(=O)(=O)c1ccc(Cl)cc1. The van der Waals surface area contributed by atoms with Crippen molar-refractivity contribution in [3.05, 3.63) is 71.3 Å². The number of hydrogen-bond acceptors (Lipinski definition) is 3. The van der Waals surface area contributed by atoms with Gasteiger partial charge in [-0.1, -0.05) is 67.9 Å². The molecule has 0 bridgehead atoms. The molecular formula is C21H26ClNO3S. The van der Waals surface area contributed by atoms with Crippen LogP contribution in [0.3, 0.4) is 0 Å². The predicted molar refractivity (Wildman–Crippen MR) is 111 cm³/mol. The Bertz CT molecular complexity index is 833. The topological polar surface area (TPSA) is 57.6 Å². The Labute approximate surface area is 167 Å². The van der Waals surface area contributed by atoms with E-state index >= 15 is 0 Å². The fraction of sp³-hybridized carbons (Fsp3) is 0.333. The van der Waals surface area contributed by atoms with Crippen molar-refractivity contribution in [2.75, 3.05) is 13.2 Å². The van der Waals surface area contributed by atoms with E-state index in [0.717, 1.165) is 5.56 Å². The van der Waals surface area contributed by atoms with Crippen LogP contribution in [-0.2, 0) is 10.0 Å². The lowest BCUT2D eigenvalue weighted by molar-refractivity contribution is 0.175. The van der Waals surface area contributed by atoms with E-state index in [4.69, 9.17) is 11.6 Å². The van der Waals surface area contributed by atoms with Gasteiger partial charge in [0.2, 0.25) is 10.0 Å². The molecule has 2 rings (SSSR count). The van der Waals surface area contributed by atoms with Crippen LogP contribution in [-0.4, -0.2) is 37.0 Å². The molecule has 1 atom stereocenters. The highest BCUT2D eigenvalue weighted by Crippen LogP contribution is 2.23. The summed E-state index contributed by atoms with van der Waals surface area (Å²) in [6.07, 6.45) is 4.27. The van der Waals surface area contributed by atoms with Crippen LogP contribution >= 0.6 is 11.6 Å². The highest BCUT2D eigenvalue weighted by atomic mass is 35.5. The first-order valence-electron chi connectivity index (χ1n) is 8.94. The highest BCUT2D eigenvalue weighted by Gasteiger charge is 2.30. The lowest BCUT2D eigenvalue weighted by atomic mass is 10.0. The number of rotatable bonds is 9. The standard InChI is InChI=1S/C21H26ClNO3S/c1-17(2)15-20(16-24)23(14-6-9-18-7-4-3-5-8-18)27(25,26)21-12-10-19(22)11-13-21/h3-13,17,20,24H,14-16H2,1-2H3/b9-6+/t20-/m1/s1. The number of sulfonamides is 1. The van der Waals surface area contributed by atoms with Gasteiger partial charge in [0.05, 0.1) is 11.5 Å². The smallest absolute Gasteiger partial charge is 0.243 e. The number of benzene rings is 2. The second kappa shape index (κ2) is 10.0. The Morgan fingerprint density at radius 1 is 1.07 bits per heavy atom. The molecule has 146 valence electrons. The number of halogens is 1. The number of nitrogens with zero attached hydrogens (tertiary/aromatic N) is 1. The lowest BCUT2D eigenvalue weighted by Crippen LogP contribution is -2.43. The first-order valence-corrected chi connectivity index (χ1v) is 10.8. The summed E-state index contributed by atoms with van der Waals surface area (Å²) in [5, 5.41) is 10.3. The molecule has 1 N–H and O–H groups in total. The third-order valence-corrected chi connectivity index (χ3v) is 6.36. The summed E-state index contributed by atoms with van der Waals surface area (Å²) >= 11 is 5.89. The van der Waals surface area contributed by atoms with Crippen LogP contribution in [0.5, 0.6) is 0 Å². The second-order valence-corrected chi connectivity index (χ2v) is 9.13. The lowest BCUT2D eigenvalue weighted by Gasteiger charge is -2.30. The number of aliphatic hydroxyl groups is 1. The largest absolute Gasteiger partial charge is 0.395 e. The molecule has 6 heteroatoms. The van der Waals surface area contributed by atoms with Crippen molar-refractivity contribution in [3.8, 4) is 0 Å². The zero-order valence-corrected chi connectivity index (χ0v) is 17.2. The molecule has 0 unspecified atom stereocenters. The van der Waals surface area contributed by atoms with Crippen molar-refractivity contribution in [2.24, 2.45) is 5.92 Å². The Kier molecular flexibility index (Phi) is 8.05. The minimum absolute atomic E-state index is 0.169. The van der Waals surface area contributed by atoms with E-state index in [0.29, 0.717) is 11.4 Å². The second-order valence-electron chi connectivity index (χ2n) is 6.81. The van der Waals surface area contributed by atoms with Gasteiger partial charge >= 0.3 is 0 Å². The molecule has 0 radical (unpaired) electrons. The van der Waals surface area contributed by atoms with E-state index < -0.39 is 16.1 Å². The average molecular weight is 408 g/mol. The zero-order valence-electron chi connectivity index (χ0n) is 15.6. The van der Waals surface area contributed by atoms with Crippen LogP contribution in [0.4, 0.5) is 0 Å². The molecule has 0 spiro atoms. The number of hydrogen-bond donors (Lipinski definition) is 1. The first kappa shape index (κ1) is 21.6. The van der Waals surface area contributed by atoms with E-state index in [-0.39, 0.29) is 24.0 Å². The van der Waals surface area contributed by atoms with Gasteiger partial charge in [0, 0.05) is 17.6 Å². The van der Waals surface area contributed by atoms with Crippen LogP contribution in [0.2, 0.25) is 5.02 Å². The van der Waals surface area contributed by atoms with Crippen LogP contribution < -0.4 is 0 Å². The van der Waals surface area contributed by atoms with Crippen molar-refractivity contribution in [1.29, 1.82) is 0 Å². The fourth-order valence-corrected chi connectivity index (χ4v) is 4.57. The van der Waals surface area contributed by atoms with Crippen LogP contribution in [0.1, 0.15) is 25.8 Å². The van der Waals surface area contributed by atoms with Gasteiger partial charge in [-0.15, -0.1) is 0 Å². The Morgan fingerprint density at radius 3 is 2.26 bits per heavy atom. The maximum Gasteiger partial charge on any atom is 0.243 e. The van der Waals surface area contributed by atoms with Gasteiger partial charge in [0.1, 0.15) is 0 Å². The molecule has 0 heterocycles. The molecular weight excluding hydrogens is 382 g/mol. The molecule has 0 aliphatic heterocycles. The Morgan fingerprint density at radius 2 is 1.70 bits per heavy atom. The number of aliphatic hydroxyl groups excluding tert-OH is 1. The highest BCUT2D eigenvalue weighted by molar-refractivity contribution is 7.89. The monoisotopic (exact) mass is 407 g/mol. The minimum atomic E-state index is -3.77. The molecule has 2 aromatic rings. The predicted octanol–water partition coefficient (Wildman–Crippen LogP) is 4.45. The van der Waals surface area contributed by atoms with Gasteiger partial charge in [0.25, 0.3) is 0 Å². The molecule has 0 aliphatic carbocycles. The van der Waals surface area contributed by atoms with Crippen molar-refractivity contribution in [2.45, 2.75) is 31.2 Å². The minimum Gasteiger partial charge on any atom is -0.395 e. The molecule has 0 aliphatic rings. The third-order valence-electron chi connectivity index (χ3n) is 4.18. The zero-order chi connectivity index (χ0) is 19.9. The molecule has 0 amide bonds. The normalized spacial score (nSPS) is 13.6. The van der Waals surface area contributed by atoms with Gasteiger partial charge in [-0.2, -0.15) is 4.31 Å². The Balaban J connectivity index is 2.33. The van der Waals surface area contributed by atoms with Crippen LogP contribution in [0.15, 0.2) is 65.6 Å². The van der Waals surface area contributed by atoms with Crippen molar-refractivity contribution >= 4 is 27.7 Å². The summed E-state index contributed by atoms with van der Waals surface area (Å²) < 4.78 is 27.8. The fourth-order valence-electron chi connectivity index (χ4n) is 2.87. The quantitative estimate of drug-likeness (QED) is 0.668. The van der Waals surface area contributed by atoms with Crippen LogP contribution in [0, 0.1) is 5.92 Å². The summed E-state index contributed by atoms with van der Waals surface area (Å²) in [5.74, 6) is 0.253. The first-order chi connectivity index (χ1) is 12.8. The molecule has 0 saturated carbocycles. The van der Waals surface area contributed by atoms with Gasteiger partial charge in [-0.05, 0) is 42.2 Å². The molecule has 2 aromatic carbocycles. The van der Waals surface area contributed by atoms with Gasteiger partial charge < -0.3 is 5.11 Å². The van der Waals surface area contributed by atoms with E-state index in [1.54, 1.807) is 12.1 Å². The van der Waals surface area contributed by atoms with Crippen molar-refractivity contribution < 1.29 is 13.5 Å². The Hall–Kier alpha value is -1.66. The van der Waals surface area contributed by atoms with Gasteiger partial charge in [-0.3, -0.25) is 0 Å². The summed E-state index contributed by atoms with van der Waals surface area (Å²) in [6.45, 7) is 3.97. The van der Waals surface area contributed by atoms with E-state index in [9.17, 15) is 13.5 Å². The average Bonchev–Trinajstić information content (AvgIpc) is 2.64. The van der Waals surface area contributed by atoms with E-state index in [1.165, 1.54) is 16.4 Å². The summed E-state index contributed by atoms with van der Waals surface area (Å²) in [4.78, 5) is 0.169. The van der Waals surface area contributed by atoms with Gasteiger partial charge in [0.15, 0.2) is 0 Å². The van der Waals surface area contributed by atoms with Crippen LogP contribution in [0.25, 0.3) is 6.08 Å². The molecule has 0 saturated heterocycles. The molecule has 4 nitrogen and oxygen atoms in total. The maximum absolute atomic E-state index is 13.2. The summed E-state index contributed by atoms with van der Waals surface area (Å²) in [5.41, 5.74) is 0.991.